The van der Waals surface area contributed by atoms with Crippen molar-refractivity contribution in [2.75, 3.05) is 13.1 Å². The minimum Gasteiger partial charge on any atom is -0.336 e. The molecule has 1 fully saturated rings. The van der Waals surface area contributed by atoms with Crippen molar-refractivity contribution in [2.45, 2.75) is 45.1 Å². The Morgan fingerprint density at radius 1 is 1.43 bits per heavy atom. The molecule has 1 atom stereocenters. The first-order valence-corrected chi connectivity index (χ1v) is 7.86. The molecule has 21 heavy (non-hydrogen) atoms. The van der Waals surface area contributed by atoms with Crippen molar-refractivity contribution in [2.24, 2.45) is 5.73 Å². The molecule has 1 heterocycles. The summed E-state index contributed by atoms with van der Waals surface area (Å²) < 4.78 is 0. The van der Waals surface area contributed by atoms with Crippen LogP contribution in [0.3, 0.4) is 0 Å². The molecule has 1 unspecified atom stereocenters. The van der Waals surface area contributed by atoms with Gasteiger partial charge in [-0.25, -0.2) is 0 Å². The number of nitrogens with two attached hydrogens (primary N) is 1. The highest BCUT2D eigenvalue weighted by Gasteiger charge is 2.26. The zero-order valence-electron chi connectivity index (χ0n) is 12.8. The van der Waals surface area contributed by atoms with E-state index in [1.807, 2.05) is 24.3 Å². The molecule has 0 aromatic heterocycles. The van der Waals surface area contributed by atoms with Crippen molar-refractivity contribution in [1.29, 1.82) is 0 Å². The topological polar surface area (TPSA) is 46.3 Å². The lowest BCUT2D eigenvalue weighted by Crippen LogP contribution is -2.43. The smallest absolute Gasteiger partial charge is 0.254 e. The van der Waals surface area contributed by atoms with Crippen molar-refractivity contribution in [3.05, 3.63) is 35.4 Å². The Balaban J connectivity index is 2.17. The van der Waals surface area contributed by atoms with Crippen molar-refractivity contribution < 1.29 is 4.79 Å². The number of nitrogens with zero attached hydrogens (tertiary/aromatic N) is 1. The van der Waals surface area contributed by atoms with Crippen LogP contribution in [0.4, 0.5) is 0 Å². The number of benzene rings is 1. The summed E-state index contributed by atoms with van der Waals surface area (Å²) in [5, 5.41) is 0. The Hall–Kier alpha value is -1.79. The van der Waals surface area contributed by atoms with Crippen molar-refractivity contribution >= 4 is 5.91 Å². The fraction of sp³-hybridized carbons (Fsp3) is 0.500. The summed E-state index contributed by atoms with van der Waals surface area (Å²) in [6.07, 6.45) is 5.69. The second kappa shape index (κ2) is 7.85. The summed E-state index contributed by atoms with van der Waals surface area (Å²) >= 11 is 0. The molecule has 2 N–H and O–H groups in total. The number of amides is 1. The molecule has 1 aliphatic rings. The first-order chi connectivity index (χ1) is 10.3. The van der Waals surface area contributed by atoms with Crippen LogP contribution in [-0.4, -0.2) is 29.9 Å². The fourth-order valence-corrected chi connectivity index (χ4v) is 2.95. The molecule has 112 valence electrons. The molecule has 1 amide bonds. The predicted molar refractivity (Wildman–Crippen MR) is 86.0 cm³/mol. The van der Waals surface area contributed by atoms with E-state index >= 15 is 0 Å². The summed E-state index contributed by atoms with van der Waals surface area (Å²) in [5.41, 5.74) is 6.99. The number of hydrogen-bond donors (Lipinski definition) is 1. The van der Waals surface area contributed by atoms with E-state index < -0.39 is 0 Å². The maximum absolute atomic E-state index is 12.8. The molecule has 1 aromatic carbocycles. The average Bonchev–Trinajstić information content (AvgIpc) is 2.53. The number of likely N-dealkylation sites (tertiary alicyclic amines) is 1. The zero-order chi connectivity index (χ0) is 15.1. The van der Waals surface area contributed by atoms with E-state index in [0.29, 0.717) is 12.6 Å². The molecular weight excluding hydrogens is 260 g/mol. The number of hydrogen-bond acceptors (Lipinski definition) is 2. The Labute approximate surface area is 127 Å². The SMILES string of the molecule is CCCC1CCCCN1C(=O)c1cccc(C#CCN)c1. The average molecular weight is 284 g/mol. The second-order valence-electron chi connectivity index (χ2n) is 5.52. The molecule has 0 radical (unpaired) electrons. The summed E-state index contributed by atoms with van der Waals surface area (Å²) in [7, 11) is 0. The molecule has 2 rings (SSSR count). The van der Waals surface area contributed by atoms with Crippen LogP contribution in [-0.2, 0) is 0 Å². The van der Waals surface area contributed by atoms with Gasteiger partial charge in [-0.05, 0) is 43.9 Å². The third-order valence-corrected chi connectivity index (χ3v) is 3.95. The molecular formula is C18H24N2O. The zero-order valence-corrected chi connectivity index (χ0v) is 12.8. The van der Waals surface area contributed by atoms with Gasteiger partial charge in [-0.3, -0.25) is 4.79 Å². The van der Waals surface area contributed by atoms with Gasteiger partial charge in [0.25, 0.3) is 5.91 Å². The van der Waals surface area contributed by atoms with Crippen molar-refractivity contribution in [3.8, 4) is 11.8 Å². The van der Waals surface area contributed by atoms with E-state index in [0.717, 1.165) is 43.4 Å². The van der Waals surface area contributed by atoms with Crippen molar-refractivity contribution in [1.82, 2.24) is 4.90 Å². The summed E-state index contributed by atoms with van der Waals surface area (Å²) in [5.74, 6) is 5.97. The van der Waals surface area contributed by atoms with Gasteiger partial charge in [-0.15, -0.1) is 0 Å². The normalized spacial score (nSPS) is 18.0. The number of carbonyl (C=O) groups excluding carboxylic acids is 1. The van der Waals surface area contributed by atoms with Crippen LogP contribution in [0.5, 0.6) is 0 Å². The Morgan fingerprint density at radius 2 is 2.29 bits per heavy atom. The van der Waals surface area contributed by atoms with Crippen LogP contribution >= 0.6 is 0 Å². The first kappa shape index (κ1) is 15.6. The molecule has 1 saturated heterocycles. The van der Waals surface area contributed by atoms with Gasteiger partial charge >= 0.3 is 0 Å². The van der Waals surface area contributed by atoms with Crippen LogP contribution in [0.1, 0.15) is 54.9 Å². The highest BCUT2D eigenvalue weighted by atomic mass is 16.2. The Bertz CT molecular complexity index is 540. The van der Waals surface area contributed by atoms with E-state index in [-0.39, 0.29) is 5.91 Å². The number of rotatable bonds is 3. The Morgan fingerprint density at radius 3 is 3.05 bits per heavy atom. The Kier molecular flexibility index (Phi) is 5.83. The van der Waals surface area contributed by atoms with Gasteiger partial charge in [0.2, 0.25) is 0 Å². The monoisotopic (exact) mass is 284 g/mol. The maximum Gasteiger partial charge on any atom is 0.254 e. The van der Waals surface area contributed by atoms with E-state index in [1.54, 1.807) is 0 Å². The van der Waals surface area contributed by atoms with Gasteiger partial charge < -0.3 is 10.6 Å². The number of carbonyl (C=O) groups is 1. The molecule has 0 bridgehead atoms. The first-order valence-electron chi connectivity index (χ1n) is 7.86. The lowest BCUT2D eigenvalue weighted by Gasteiger charge is -2.36. The van der Waals surface area contributed by atoms with Crippen LogP contribution in [0.25, 0.3) is 0 Å². The largest absolute Gasteiger partial charge is 0.336 e. The van der Waals surface area contributed by atoms with E-state index in [2.05, 4.69) is 23.7 Å². The lowest BCUT2D eigenvalue weighted by atomic mass is 9.97. The van der Waals surface area contributed by atoms with E-state index in [4.69, 9.17) is 5.73 Å². The van der Waals surface area contributed by atoms with Gasteiger partial charge in [0.05, 0.1) is 6.54 Å². The van der Waals surface area contributed by atoms with Crippen LogP contribution < -0.4 is 5.73 Å². The molecule has 3 heteroatoms. The van der Waals surface area contributed by atoms with Crippen LogP contribution in [0.2, 0.25) is 0 Å². The maximum atomic E-state index is 12.8. The summed E-state index contributed by atoms with van der Waals surface area (Å²) in [6.45, 7) is 3.39. The third kappa shape index (κ3) is 4.09. The van der Waals surface area contributed by atoms with Gasteiger partial charge in [-0.2, -0.15) is 0 Å². The van der Waals surface area contributed by atoms with E-state index in [9.17, 15) is 4.79 Å². The predicted octanol–water partition coefficient (Wildman–Crippen LogP) is 2.79. The highest BCUT2D eigenvalue weighted by molar-refractivity contribution is 5.94. The van der Waals surface area contributed by atoms with Crippen LogP contribution in [0, 0.1) is 11.8 Å². The molecule has 1 aliphatic heterocycles. The van der Waals surface area contributed by atoms with Gasteiger partial charge in [0.15, 0.2) is 0 Å². The van der Waals surface area contributed by atoms with E-state index in [1.165, 1.54) is 6.42 Å². The summed E-state index contributed by atoms with van der Waals surface area (Å²) in [4.78, 5) is 14.8. The van der Waals surface area contributed by atoms with Gasteiger partial charge in [-0.1, -0.05) is 31.3 Å². The third-order valence-electron chi connectivity index (χ3n) is 3.95. The van der Waals surface area contributed by atoms with Crippen LogP contribution in [0.15, 0.2) is 24.3 Å². The fourth-order valence-electron chi connectivity index (χ4n) is 2.95. The van der Waals surface area contributed by atoms with Gasteiger partial charge in [0.1, 0.15) is 0 Å². The molecule has 0 aliphatic carbocycles. The lowest BCUT2D eigenvalue weighted by molar-refractivity contribution is 0.0600. The standard InChI is InChI=1S/C18H24N2O/c1-2-7-17-11-3-4-13-20(17)18(21)16-10-5-8-15(14-16)9-6-12-19/h5,8,10,14,17H,2-4,7,11-13,19H2,1H3. The highest BCUT2D eigenvalue weighted by Crippen LogP contribution is 2.23. The molecule has 1 aromatic rings. The quantitative estimate of drug-likeness (QED) is 0.868. The summed E-state index contributed by atoms with van der Waals surface area (Å²) in [6, 6.07) is 7.97. The number of piperidine rings is 1. The molecule has 0 spiro atoms. The minimum atomic E-state index is 0.143. The molecule has 3 nitrogen and oxygen atoms in total. The van der Waals surface area contributed by atoms with Crippen molar-refractivity contribution in [3.63, 3.8) is 0 Å². The molecule has 0 saturated carbocycles. The second-order valence-corrected chi connectivity index (χ2v) is 5.52. The van der Waals surface area contributed by atoms with Gasteiger partial charge in [0, 0.05) is 23.7 Å². The minimum absolute atomic E-state index is 0.143.